The molecule has 0 saturated carbocycles. The number of ether oxygens (including phenoxy) is 4. The van der Waals surface area contributed by atoms with Crippen LogP contribution in [-0.2, 0) is 46.7 Å². The second-order valence-electron chi connectivity index (χ2n) is 8.33. The zero-order valence-electron chi connectivity index (χ0n) is 24.4. The van der Waals surface area contributed by atoms with Crippen LogP contribution in [0.2, 0.25) is 0 Å². The molecule has 1 amide bonds. The number of amides is 1. The molecule has 1 atom stereocenters. The van der Waals surface area contributed by atoms with Crippen LogP contribution >= 0.6 is 0 Å². The zero-order chi connectivity index (χ0) is 29.0. The predicted molar refractivity (Wildman–Crippen MR) is 149 cm³/mol. The fourth-order valence-corrected chi connectivity index (χ4v) is 3.15. The van der Waals surface area contributed by atoms with Crippen LogP contribution in [0.3, 0.4) is 0 Å². The second-order valence-corrected chi connectivity index (χ2v) is 8.33. The van der Waals surface area contributed by atoms with E-state index in [4.69, 9.17) is 24.7 Å². The van der Waals surface area contributed by atoms with Crippen LogP contribution in [0.1, 0.15) is 41.5 Å². The third-order valence-electron chi connectivity index (χ3n) is 5.40. The molecule has 1 unspecified atom stereocenters. The molecule has 2 aromatic rings. The molecule has 0 aliphatic carbocycles. The topological polar surface area (TPSA) is 184 Å². The van der Waals surface area contributed by atoms with Crippen LogP contribution in [0.15, 0.2) is 48.5 Å². The zero-order valence-corrected chi connectivity index (χ0v) is 29.8. The van der Waals surface area contributed by atoms with Gasteiger partial charge in [0.25, 0.3) is 5.91 Å². The summed E-state index contributed by atoms with van der Waals surface area (Å²) in [4.78, 5) is 36.4. The van der Waals surface area contributed by atoms with Crippen LogP contribution in [0.25, 0.3) is 0 Å². The number of benzene rings is 2. The summed E-state index contributed by atoms with van der Waals surface area (Å²) < 4.78 is 20.5. The van der Waals surface area contributed by atoms with Gasteiger partial charge >= 0.3 is 33.6 Å². The van der Waals surface area contributed by atoms with Crippen molar-refractivity contribution in [2.75, 3.05) is 65.5 Å². The van der Waals surface area contributed by atoms with Crippen molar-refractivity contribution in [1.82, 2.24) is 10.2 Å². The third kappa shape index (κ3) is 17.6. The van der Waals surface area contributed by atoms with E-state index in [2.05, 4.69) is 24.1 Å². The average Bonchev–Trinajstić information content (AvgIpc) is 2.94. The van der Waals surface area contributed by atoms with Crippen molar-refractivity contribution >= 4 is 23.5 Å². The Morgan fingerprint density at radius 2 is 1.63 bits per heavy atom. The normalized spacial score (nSPS) is 10.7. The smallest absolute Gasteiger partial charge is 0.546 e. The van der Waals surface area contributed by atoms with Crippen molar-refractivity contribution < 1.29 is 71.6 Å². The van der Waals surface area contributed by atoms with Gasteiger partial charge in [0.15, 0.2) is 0 Å². The van der Waals surface area contributed by atoms with Gasteiger partial charge in [0.1, 0.15) is 19.0 Å². The Balaban J connectivity index is 0. The van der Waals surface area contributed by atoms with Gasteiger partial charge in [0.2, 0.25) is 0 Å². The van der Waals surface area contributed by atoms with Gasteiger partial charge in [0.05, 0.1) is 36.4 Å². The van der Waals surface area contributed by atoms with E-state index < -0.39 is 12.6 Å². The maximum Gasteiger partial charge on any atom is 1.00 e. The molecule has 0 spiro atoms. The summed E-state index contributed by atoms with van der Waals surface area (Å²) in [5.74, 6) is -1.82. The molecule has 0 fully saturated rings. The van der Waals surface area contributed by atoms with E-state index in [0.717, 1.165) is 19.6 Å². The SMILES string of the molecule is CCN(CC)CCOC(=O)c1ccc(N)cc1.COCCOC(C)CNC(=O)c1ccccc1OCC(=O)[O-].O.[Hg+]. The molecule has 1 radical (unpaired) electrons. The molecule has 225 valence electrons. The molecule has 12 nitrogen and oxygen atoms in total. The van der Waals surface area contributed by atoms with E-state index >= 15 is 0 Å². The number of anilines is 1. The number of hydrogen-bond acceptors (Lipinski definition) is 10. The fraction of sp³-hybridized carbons (Fsp3) is 0.464. The molecular formula is C28H42HgN3O9. The maximum atomic E-state index is 12.1. The molecule has 5 N–H and O–H groups in total. The van der Waals surface area contributed by atoms with Crippen molar-refractivity contribution in [2.24, 2.45) is 0 Å². The van der Waals surface area contributed by atoms with Gasteiger partial charge in [-0.15, -0.1) is 0 Å². The number of carboxylic acid groups (broad SMARTS) is 1. The molecule has 0 aliphatic heterocycles. The van der Waals surface area contributed by atoms with E-state index in [-0.39, 0.29) is 62.4 Å². The number of rotatable bonds is 16. The summed E-state index contributed by atoms with van der Waals surface area (Å²) in [6.45, 7) is 9.77. The number of carbonyl (C=O) groups excluding carboxylic acids is 3. The minimum Gasteiger partial charge on any atom is -0.546 e. The van der Waals surface area contributed by atoms with Crippen molar-refractivity contribution in [3.8, 4) is 5.75 Å². The van der Waals surface area contributed by atoms with E-state index in [1.807, 2.05) is 6.92 Å². The standard InChI is InChI=1S/C15H21NO6.C13H20N2O2.Hg.H2O/c1-11(21-8-7-20-2)9-16-15(19)12-5-3-4-6-13(12)22-10-14(17)18;1-3-15(4-2)9-10-17-13(16)11-5-7-12(14)8-6-11;;/h3-6,11H,7-10H2,1-2H3,(H,16,19)(H,17,18);5-8H,3-4,9-10,14H2,1-2H3;;1H2/q;;+1;/p-1. The number of carboxylic acids is 1. The fourth-order valence-electron chi connectivity index (χ4n) is 3.15. The Morgan fingerprint density at radius 1 is 1.00 bits per heavy atom. The Hall–Kier alpha value is -2.77. The summed E-state index contributed by atoms with van der Waals surface area (Å²) >= 11 is 0. The first-order valence-electron chi connectivity index (χ1n) is 12.8. The van der Waals surface area contributed by atoms with Gasteiger partial charge in [0, 0.05) is 25.9 Å². The first-order chi connectivity index (χ1) is 18.7. The predicted octanol–water partition coefficient (Wildman–Crippen LogP) is 0.537. The first kappa shape index (κ1) is 40.4. The Morgan fingerprint density at radius 3 is 2.22 bits per heavy atom. The molecule has 13 heteroatoms. The maximum absolute atomic E-state index is 12.1. The largest absolute Gasteiger partial charge is 1.00 e. The first-order valence-corrected chi connectivity index (χ1v) is 12.8. The molecule has 0 bridgehead atoms. The van der Waals surface area contributed by atoms with E-state index in [1.54, 1.807) is 49.6 Å². The van der Waals surface area contributed by atoms with E-state index in [1.165, 1.54) is 6.07 Å². The van der Waals surface area contributed by atoms with Crippen molar-refractivity contribution in [2.45, 2.75) is 26.9 Å². The third-order valence-corrected chi connectivity index (χ3v) is 5.40. The van der Waals surface area contributed by atoms with Crippen LogP contribution in [0.4, 0.5) is 5.69 Å². The Kier molecular flexibility index (Phi) is 23.5. The number of methoxy groups -OCH3 is 1. The number of hydrogen-bond donors (Lipinski definition) is 2. The number of carbonyl (C=O) groups is 3. The number of aliphatic carboxylic acids is 1. The minimum absolute atomic E-state index is 0. The summed E-state index contributed by atoms with van der Waals surface area (Å²) in [5.41, 5.74) is 6.98. The summed E-state index contributed by atoms with van der Waals surface area (Å²) in [6.07, 6.45) is -0.171. The van der Waals surface area contributed by atoms with Crippen LogP contribution in [-0.4, -0.2) is 94.0 Å². The second kappa shape index (κ2) is 23.9. The molecule has 0 aromatic heterocycles. The quantitative estimate of drug-likeness (QED) is 0.106. The minimum atomic E-state index is -1.35. The average molecular weight is 765 g/mol. The molecule has 0 saturated heterocycles. The van der Waals surface area contributed by atoms with E-state index in [0.29, 0.717) is 37.6 Å². The monoisotopic (exact) mass is 766 g/mol. The Labute approximate surface area is 262 Å². The molecule has 2 aromatic carbocycles. The summed E-state index contributed by atoms with van der Waals surface area (Å²) in [6, 6.07) is 13.1. The molecule has 2 rings (SSSR count). The van der Waals surface area contributed by atoms with Gasteiger partial charge in [-0.05, 0) is 56.4 Å². The van der Waals surface area contributed by atoms with Crippen LogP contribution in [0.5, 0.6) is 5.75 Å². The van der Waals surface area contributed by atoms with Gasteiger partial charge < -0.3 is 50.3 Å². The van der Waals surface area contributed by atoms with E-state index in [9.17, 15) is 19.5 Å². The number of likely N-dealkylation sites (N-methyl/N-ethyl adjacent to an activating group) is 1. The number of nitrogens with two attached hydrogens (primary N) is 1. The number of nitrogens with one attached hydrogen (secondary N) is 1. The summed E-state index contributed by atoms with van der Waals surface area (Å²) in [5, 5.41) is 13.1. The van der Waals surface area contributed by atoms with Crippen LogP contribution < -0.4 is 20.9 Å². The summed E-state index contributed by atoms with van der Waals surface area (Å²) in [7, 11) is 1.58. The van der Waals surface area contributed by atoms with Gasteiger partial charge in [-0.3, -0.25) is 4.79 Å². The Bertz CT molecular complexity index is 1010. The van der Waals surface area contributed by atoms with Crippen molar-refractivity contribution in [3.05, 3.63) is 59.7 Å². The molecule has 41 heavy (non-hydrogen) atoms. The number of para-hydroxylation sites is 1. The molecule has 0 aliphatic rings. The van der Waals surface area contributed by atoms with Crippen molar-refractivity contribution in [3.63, 3.8) is 0 Å². The number of nitrogen functional groups attached to an aromatic ring is 1. The van der Waals surface area contributed by atoms with Gasteiger partial charge in [-0.1, -0.05) is 26.0 Å². The van der Waals surface area contributed by atoms with Gasteiger partial charge in [-0.2, -0.15) is 0 Å². The number of esters is 1. The van der Waals surface area contributed by atoms with Crippen LogP contribution in [0, 0.1) is 0 Å². The molecular weight excluding hydrogens is 723 g/mol. The van der Waals surface area contributed by atoms with Gasteiger partial charge in [-0.25, -0.2) is 4.79 Å². The van der Waals surface area contributed by atoms with Crippen molar-refractivity contribution in [1.29, 1.82) is 0 Å². The molecule has 0 heterocycles. The number of nitrogens with zero attached hydrogens (tertiary/aromatic N) is 1.